The standard InChI is InChI=1S/C16H14BrNO4/c1-8-2-3-9(6-10(8)17)18-14(20)12-11-4-5-16(7-19,22-11)13(12)15(18)21/h2-6,11-13,19H,7H2,1H3/t11-,12-,13-,16+/m1/s1. The molecule has 2 saturated heterocycles. The highest BCUT2D eigenvalue weighted by Crippen LogP contribution is 2.52. The Labute approximate surface area is 135 Å². The molecule has 0 aliphatic carbocycles. The molecule has 3 aliphatic rings. The van der Waals surface area contributed by atoms with Crippen molar-refractivity contribution in [2.24, 2.45) is 11.8 Å². The number of benzene rings is 1. The summed E-state index contributed by atoms with van der Waals surface area (Å²) in [6, 6.07) is 5.39. The van der Waals surface area contributed by atoms with Crippen molar-refractivity contribution in [3.63, 3.8) is 0 Å². The van der Waals surface area contributed by atoms with Crippen LogP contribution in [0.15, 0.2) is 34.8 Å². The summed E-state index contributed by atoms with van der Waals surface area (Å²) in [4.78, 5) is 26.8. The van der Waals surface area contributed by atoms with Crippen LogP contribution < -0.4 is 4.90 Å². The second-order valence-corrected chi connectivity index (χ2v) is 6.86. The van der Waals surface area contributed by atoms with Gasteiger partial charge in [0.2, 0.25) is 11.8 Å². The monoisotopic (exact) mass is 363 g/mol. The van der Waals surface area contributed by atoms with E-state index in [9.17, 15) is 14.7 Å². The van der Waals surface area contributed by atoms with Gasteiger partial charge >= 0.3 is 0 Å². The molecular weight excluding hydrogens is 350 g/mol. The lowest BCUT2D eigenvalue weighted by atomic mass is 9.77. The Balaban J connectivity index is 1.77. The number of carbonyl (C=O) groups is 2. The van der Waals surface area contributed by atoms with Crippen molar-refractivity contribution >= 4 is 33.4 Å². The minimum atomic E-state index is -1.04. The summed E-state index contributed by atoms with van der Waals surface area (Å²) in [5, 5.41) is 9.67. The van der Waals surface area contributed by atoms with Crippen LogP contribution >= 0.6 is 15.9 Å². The average Bonchev–Trinajstić information content (AvgIpc) is 3.14. The van der Waals surface area contributed by atoms with Crippen LogP contribution in [0.25, 0.3) is 0 Å². The van der Waals surface area contributed by atoms with Crippen LogP contribution in [0, 0.1) is 18.8 Å². The molecule has 1 N–H and O–H groups in total. The fraction of sp³-hybridized carbons (Fsp3) is 0.375. The summed E-state index contributed by atoms with van der Waals surface area (Å²) in [6.45, 7) is 1.64. The van der Waals surface area contributed by atoms with Crippen LogP contribution in [-0.2, 0) is 14.3 Å². The molecular formula is C16H14BrNO4. The highest BCUT2D eigenvalue weighted by Gasteiger charge is 2.67. The summed E-state index contributed by atoms with van der Waals surface area (Å²) >= 11 is 3.43. The lowest BCUT2D eigenvalue weighted by Crippen LogP contribution is -2.43. The highest BCUT2D eigenvalue weighted by atomic mass is 79.9. The maximum atomic E-state index is 12.8. The third-order valence-electron chi connectivity index (χ3n) is 4.82. The first-order chi connectivity index (χ1) is 10.5. The lowest BCUT2D eigenvalue weighted by Gasteiger charge is -2.26. The van der Waals surface area contributed by atoms with Crippen molar-refractivity contribution in [2.45, 2.75) is 18.6 Å². The van der Waals surface area contributed by atoms with Gasteiger partial charge in [0.1, 0.15) is 5.60 Å². The molecule has 2 amide bonds. The van der Waals surface area contributed by atoms with E-state index in [0.29, 0.717) is 5.69 Å². The van der Waals surface area contributed by atoms with E-state index in [1.54, 1.807) is 24.3 Å². The van der Waals surface area contributed by atoms with E-state index in [1.807, 2.05) is 13.0 Å². The topological polar surface area (TPSA) is 66.8 Å². The normalized spacial score (nSPS) is 35.6. The van der Waals surface area contributed by atoms with Crippen LogP contribution in [-0.4, -0.2) is 35.2 Å². The second kappa shape index (κ2) is 4.50. The number of amides is 2. The molecule has 0 spiro atoms. The van der Waals surface area contributed by atoms with Crippen molar-refractivity contribution in [3.05, 3.63) is 40.4 Å². The Bertz CT molecular complexity index is 731. The Kier molecular flexibility index (Phi) is 2.89. The largest absolute Gasteiger partial charge is 0.393 e. The van der Waals surface area contributed by atoms with Gasteiger partial charge in [-0.3, -0.25) is 9.59 Å². The molecule has 3 heterocycles. The number of rotatable bonds is 2. The third-order valence-corrected chi connectivity index (χ3v) is 5.67. The smallest absolute Gasteiger partial charge is 0.241 e. The van der Waals surface area contributed by atoms with Crippen LogP contribution in [0.1, 0.15) is 5.56 Å². The zero-order valence-electron chi connectivity index (χ0n) is 11.8. The van der Waals surface area contributed by atoms with Gasteiger partial charge < -0.3 is 9.84 Å². The number of imide groups is 1. The third kappa shape index (κ3) is 1.60. The summed E-state index contributed by atoms with van der Waals surface area (Å²) in [5.74, 6) is -1.73. The molecule has 22 heavy (non-hydrogen) atoms. The van der Waals surface area contributed by atoms with Gasteiger partial charge in [0.25, 0.3) is 0 Å². The van der Waals surface area contributed by atoms with Crippen LogP contribution in [0.2, 0.25) is 0 Å². The number of halogens is 1. The number of aliphatic hydroxyl groups excluding tert-OH is 1. The Hall–Kier alpha value is -1.50. The van der Waals surface area contributed by atoms with Crippen molar-refractivity contribution in [1.82, 2.24) is 0 Å². The summed E-state index contributed by atoms with van der Waals surface area (Å²) in [7, 11) is 0. The predicted octanol–water partition coefficient (Wildman–Crippen LogP) is 1.56. The first-order valence-electron chi connectivity index (χ1n) is 7.10. The fourth-order valence-electron chi connectivity index (χ4n) is 3.66. The molecule has 1 aromatic carbocycles. The number of hydrogen-bond donors (Lipinski definition) is 1. The van der Waals surface area contributed by atoms with Gasteiger partial charge in [0.15, 0.2) is 0 Å². The molecule has 0 unspecified atom stereocenters. The van der Waals surface area contributed by atoms with E-state index in [0.717, 1.165) is 10.0 Å². The van der Waals surface area contributed by atoms with E-state index in [-0.39, 0.29) is 18.4 Å². The highest BCUT2D eigenvalue weighted by molar-refractivity contribution is 9.10. The predicted molar refractivity (Wildman–Crippen MR) is 82.2 cm³/mol. The average molecular weight is 364 g/mol. The van der Waals surface area contributed by atoms with Crippen molar-refractivity contribution in [2.75, 3.05) is 11.5 Å². The van der Waals surface area contributed by atoms with Gasteiger partial charge in [-0.25, -0.2) is 4.90 Å². The van der Waals surface area contributed by atoms with Crippen molar-refractivity contribution in [1.29, 1.82) is 0 Å². The van der Waals surface area contributed by atoms with Gasteiger partial charge in [-0.15, -0.1) is 0 Å². The number of ether oxygens (including phenoxy) is 1. The van der Waals surface area contributed by atoms with Gasteiger partial charge in [0.05, 0.1) is 30.2 Å². The minimum absolute atomic E-state index is 0.254. The molecule has 0 aromatic heterocycles. The number of aryl methyl sites for hydroxylation is 1. The summed E-state index contributed by atoms with van der Waals surface area (Å²) in [6.07, 6.45) is 3.07. The molecule has 114 valence electrons. The minimum Gasteiger partial charge on any atom is -0.393 e. The van der Waals surface area contributed by atoms with Crippen LogP contribution in [0.3, 0.4) is 0 Å². The zero-order chi connectivity index (χ0) is 15.6. The van der Waals surface area contributed by atoms with Gasteiger partial charge in [-0.1, -0.05) is 34.1 Å². The molecule has 0 saturated carbocycles. The first-order valence-corrected chi connectivity index (χ1v) is 7.90. The maximum Gasteiger partial charge on any atom is 0.241 e. The van der Waals surface area contributed by atoms with E-state index in [1.165, 1.54) is 4.90 Å². The number of nitrogens with zero attached hydrogens (tertiary/aromatic N) is 1. The molecule has 2 bridgehead atoms. The van der Waals surface area contributed by atoms with Crippen LogP contribution in [0.4, 0.5) is 5.69 Å². The SMILES string of the molecule is Cc1ccc(N2C(=O)[C@@H]3[C@H]4C=C[C@@](CO)(O4)[C@H]3C2=O)cc1Br. The summed E-state index contributed by atoms with van der Waals surface area (Å²) < 4.78 is 6.55. The molecule has 4 rings (SSSR count). The number of aliphatic hydroxyl groups is 1. The number of anilines is 1. The van der Waals surface area contributed by atoms with Crippen molar-refractivity contribution < 1.29 is 19.4 Å². The molecule has 0 radical (unpaired) electrons. The first kappa shape index (κ1) is 14.1. The zero-order valence-corrected chi connectivity index (χ0v) is 13.4. The second-order valence-electron chi connectivity index (χ2n) is 6.00. The van der Waals surface area contributed by atoms with Gasteiger partial charge in [-0.2, -0.15) is 0 Å². The van der Waals surface area contributed by atoms with Crippen molar-refractivity contribution in [3.8, 4) is 0 Å². The molecule has 1 aromatic rings. The number of carbonyl (C=O) groups excluding carboxylic acids is 2. The number of hydrogen-bond acceptors (Lipinski definition) is 4. The molecule has 2 fully saturated rings. The molecule has 3 aliphatic heterocycles. The van der Waals surface area contributed by atoms with E-state index < -0.39 is 23.5 Å². The Morgan fingerprint density at radius 3 is 2.82 bits per heavy atom. The molecule has 5 nitrogen and oxygen atoms in total. The van der Waals surface area contributed by atoms with Gasteiger partial charge in [0, 0.05) is 4.47 Å². The van der Waals surface area contributed by atoms with E-state index >= 15 is 0 Å². The quantitative estimate of drug-likeness (QED) is 0.639. The fourth-order valence-corrected chi connectivity index (χ4v) is 4.03. The van der Waals surface area contributed by atoms with E-state index in [4.69, 9.17) is 4.74 Å². The maximum absolute atomic E-state index is 12.8. The Morgan fingerprint density at radius 1 is 1.36 bits per heavy atom. The molecule has 6 heteroatoms. The molecule has 4 atom stereocenters. The van der Waals surface area contributed by atoms with Gasteiger partial charge in [-0.05, 0) is 24.6 Å². The summed E-state index contributed by atoms with van der Waals surface area (Å²) in [5.41, 5.74) is 0.535. The van der Waals surface area contributed by atoms with E-state index in [2.05, 4.69) is 15.9 Å². The number of fused-ring (bicyclic) bond motifs is 5. The lowest BCUT2D eigenvalue weighted by molar-refractivity contribution is -0.128. The van der Waals surface area contributed by atoms with Crippen LogP contribution in [0.5, 0.6) is 0 Å². The Morgan fingerprint density at radius 2 is 2.14 bits per heavy atom.